The van der Waals surface area contributed by atoms with Crippen LogP contribution in [0.15, 0.2) is 46.9 Å². The Bertz CT molecular complexity index is 697. The fourth-order valence-electron chi connectivity index (χ4n) is 1.77. The van der Waals surface area contributed by atoms with E-state index >= 15 is 0 Å². The molecule has 1 atom stereocenters. The Balaban J connectivity index is 1.61. The number of nitrogens with one attached hydrogen (secondary N) is 1. The number of H-pyrrole nitrogens is 1. The number of aromatic nitrogens is 3. The molecule has 2 heterocycles. The quantitative estimate of drug-likeness (QED) is 0.706. The van der Waals surface area contributed by atoms with E-state index in [4.69, 9.17) is 0 Å². The Labute approximate surface area is 129 Å². The van der Waals surface area contributed by atoms with Gasteiger partial charge in [-0.3, -0.25) is 5.10 Å². The molecule has 0 bridgehead atoms. The first-order chi connectivity index (χ1) is 10.2. The van der Waals surface area contributed by atoms with E-state index in [1.54, 1.807) is 23.5 Å². The first kappa shape index (κ1) is 14.2. The van der Waals surface area contributed by atoms with Crippen LogP contribution in [0.3, 0.4) is 0 Å². The van der Waals surface area contributed by atoms with Crippen molar-refractivity contribution in [2.24, 2.45) is 0 Å². The van der Waals surface area contributed by atoms with Gasteiger partial charge in [0, 0.05) is 5.75 Å². The van der Waals surface area contributed by atoms with E-state index in [1.165, 1.54) is 23.9 Å². The van der Waals surface area contributed by atoms with Gasteiger partial charge in [-0.1, -0.05) is 30.0 Å². The minimum atomic E-state index is -0.681. The lowest BCUT2D eigenvalue weighted by atomic mass is 10.1. The Morgan fingerprint density at radius 3 is 2.81 bits per heavy atom. The lowest BCUT2D eigenvalue weighted by Gasteiger charge is -2.08. The number of aromatic amines is 1. The van der Waals surface area contributed by atoms with E-state index in [0.29, 0.717) is 16.5 Å². The highest BCUT2D eigenvalue weighted by Gasteiger charge is 2.12. The number of aliphatic hydroxyl groups is 1. The molecule has 4 nitrogen and oxygen atoms in total. The largest absolute Gasteiger partial charge is 0.388 e. The highest BCUT2D eigenvalue weighted by atomic mass is 32.2. The topological polar surface area (TPSA) is 61.8 Å². The van der Waals surface area contributed by atoms with E-state index in [9.17, 15) is 9.50 Å². The molecule has 3 aromatic rings. The second kappa shape index (κ2) is 6.38. The van der Waals surface area contributed by atoms with Gasteiger partial charge in [-0.05, 0) is 29.1 Å². The average Bonchev–Trinajstić information content (AvgIpc) is 3.16. The number of aliphatic hydroxyl groups excluding tert-OH is 1. The number of benzene rings is 1. The van der Waals surface area contributed by atoms with Crippen molar-refractivity contribution >= 4 is 23.1 Å². The fourth-order valence-corrected chi connectivity index (χ4v) is 3.20. The van der Waals surface area contributed by atoms with Crippen LogP contribution < -0.4 is 0 Å². The average molecular weight is 321 g/mol. The maximum atomic E-state index is 12.8. The molecule has 0 amide bonds. The van der Waals surface area contributed by atoms with E-state index < -0.39 is 6.10 Å². The summed E-state index contributed by atoms with van der Waals surface area (Å²) in [5.41, 5.74) is 0.679. The molecule has 0 aliphatic carbocycles. The van der Waals surface area contributed by atoms with E-state index in [0.717, 1.165) is 10.7 Å². The van der Waals surface area contributed by atoms with E-state index in [1.807, 2.05) is 17.5 Å². The summed E-state index contributed by atoms with van der Waals surface area (Å²) in [6.07, 6.45) is -0.681. The van der Waals surface area contributed by atoms with Crippen LogP contribution in [0.2, 0.25) is 0 Å². The summed E-state index contributed by atoms with van der Waals surface area (Å²) in [6.45, 7) is 0. The van der Waals surface area contributed by atoms with Crippen LogP contribution in [0.4, 0.5) is 4.39 Å². The van der Waals surface area contributed by atoms with Crippen molar-refractivity contribution in [1.82, 2.24) is 15.2 Å². The number of rotatable bonds is 5. The van der Waals surface area contributed by atoms with Crippen LogP contribution in [0, 0.1) is 5.82 Å². The SMILES string of the molecule is OC(CSc1n[nH]c(-c2cccs2)n1)c1ccc(F)cc1. The minimum Gasteiger partial charge on any atom is -0.388 e. The number of hydrogen-bond donors (Lipinski definition) is 2. The van der Waals surface area contributed by atoms with Crippen molar-refractivity contribution < 1.29 is 9.50 Å². The second-order valence-corrected chi connectivity index (χ2v) is 6.26. The highest BCUT2D eigenvalue weighted by molar-refractivity contribution is 7.99. The molecule has 2 aromatic heterocycles. The smallest absolute Gasteiger partial charge is 0.208 e. The molecule has 7 heteroatoms. The molecule has 0 spiro atoms. The van der Waals surface area contributed by atoms with Crippen molar-refractivity contribution in [3.05, 3.63) is 53.2 Å². The number of nitrogens with zero attached hydrogens (tertiary/aromatic N) is 2. The Kier molecular flexibility index (Phi) is 4.33. The van der Waals surface area contributed by atoms with Crippen LogP contribution in [-0.2, 0) is 0 Å². The number of hydrogen-bond acceptors (Lipinski definition) is 5. The Hall–Kier alpha value is -1.70. The fraction of sp³-hybridized carbons (Fsp3) is 0.143. The predicted octanol–water partition coefficient (Wildman–Crippen LogP) is 3.50. The van der Waals surface area contributed by atoms with Gasteiger partial charge in [0.05, 0.1) is 11.0 Å². The first-order valence-electron chi connectivity index (χ1n) is 6.25. The summed E-state index contributed by atoms with van der Waals surface area (Å²) in [5, 5.41) is 19.6. The zero-order valence-corrected chi connectivity index (χ0v) is 12.5. The molecule has 1 aromatic carbocycles. The van der Waals surface area contributed by atoms with Gasteiger partial charge in [0.15, 0.2) is 5.82 Å². The first-order valence-corrected chi connectivity index (χ1v) is 8.11. The van der Waals surface area contributed by atoms with Crippen LogP contribution in [0.1, 0.15) is 11.7 Å². The molecule has 2 N–H and O–H groups in total. The highest BCUT2D eigenvalue weighted by Crippen LogP contribution is 2.26. The third kappa shape index (κ3) is 3.49. The minimum absolute atomic E-state index is 0.312. The molecule has 0 fully saturated rings. The number of thiophene rings is 1. The third-order valence-corrected chi connectivity index (χ3v) is 4.64. The summed E-state index contributed by atoms with van der Waals surface area (Å²) >= 11 is 2.94. The molecule has 0 saturated carbocycles. The van der Waals surface area contributed by atoms with Crippen molar-refractivity contribution in [1.29, 1.82) is 0 Å². The Morgan fingerprint density at radius 2 is 2.10 bits per heavy atom. The molecular formula is C14H12FN3OS2. The Morgan fingerprint density at radius 1 is 1.29 bits per heavy atom. The van der Waals surface area contributed by atoms with Crippen LogP contribution >= 0.6 is 23.1 Å². The molecule has 1 unspecified atom stereocenters. The third-order valence-electron chi connectivity index (χ3n) is 2.84. The van der Waals surface area contributed by atoms with Gasteiger partial charge < -0.3 is 5.11 Å². The lowest BCUT2D eigenvalue weighted by molar-refractivity contribution is 0.204. The summed E-state index contributed by atoms with van der Waals surface area (Å²) in [4.78, 5) is 5.39. The lowest BCUT2D eigenvalue weighted by Crippen LogP contribution is -2.00. The van der Waals surface area contributed by atoms with Crippen molar-refractivity contribution in [3.63, 3.8) is 0 Å². The second-order valence-electron chi connectivity index (χ2n) is 4.32. The van der Waals surface area contributed by atoms with Crippen LogP contribution in [0.5, 0.6) is 0 Å². The van der Waals surface area contributed by atoms with Gasteiger partial charge in [0.2, 0.25) is 5.16 Å². The molecule has 0 radical (unpaired) electrons. The van der Waals surface area contributed by atoms with E-state index in [-0.39, 0.29) is 5.82 Å². The van der Waals surface area contributed by atoms with Crippen molar-refractivity contribution in [2.45, 2.75) is 11.3 Å². The van der Waals surface area contributed by atoms with Gasteiger partial charge in [0.1, 0.15) is 5.82 Å². The van der Waals surface area contributed by atoms with Crippen LogP contribution in [-0.4, -0.2) is 26.0 Å². The maximum absolute atomic E-state index is 12.8. The van der Waals surface area contributed by atoms with Gasteiger partial charge in [0.25, 0.3) is 0 Å². The molecule has 21 heavy (non-hydrogen) atoms. The standard InChI is InChI=1S/C14H12FN3OS2/c15-10-5-3-9(4-6-10)11(19)8-21-14-16-13(17-18-14)12-2-1-7-20-12/h1-7,11,19H,8H2,(H,16,17,18). The molecule has 0 aliphatic heterocycles. The van der Waals surface area contributed by atoms with Crippen molar-refractivity contribution in [2.75, 3.05) is 5.75 Å². The zero-order valence-electron chi connectivity index (χ0n) is 10.9. The van der Waals surface area contributed by atoms with Gasteiger partial charge in [-0.2, -0.15) is 0 Å². The van der Waals surface area contributed by atoms with Gasteiger partial charge >= 0.3 is 0 Å². The predicted molar refractivity (Wildman–Crippen MR) is 81.8 cm³/mol. The normalized spacial score (nSPS) is 12.5. The summed E-state index contributed by atoms with van der Waals surface area (Å²) < 4.78 is 12.8. The molecule has 3 rings (SSSR count). The molecule has 0 saturated heterocycles. The number of thioether (sulfide) groups is 1. The molecule has 0 aliphatic rings. The van der Waals surface area contributed by atoms with Crippen molar-refractivity contribution in [3.8, 4) is 10.7 Å². The van der Waals surface area contributed by atoms with Gasteiger partial charge in [-0.25, -0.2) is 9.37 Å². The molecule has 108 valence electrons. The number of halogens is 1. The van der Waals surface area contributed by atoms with Gasteiger partial charge in [-0.15, -0.1) is 16.4 Å². The van der Waals surface area contributed by atoms with Crippen LogP contribution in [0.25, 0.3) is 10.7 Å². The maximum Gasteiger partial charge on any atom is 0.208 e. The summed E-state index contributed by atoms with van der Waals surface area (Å²) in [5.74, 6) is 0.824. The summed E-state index contributed by atoms with van der Waals surface area (Å²) in [6, 6.07) is 9.75. The van der Waals surface area contributed by atoms with E-state index in [2.05, 4.69) is 15.2 Å². The summed E-state index contributed by atoms with van der Waals surface area (Å²) in [7, 11) is 0. The monoisotopic (exact) mass is 321 g/mol. The zero-order chi connectivity index (χ0) is 14.7. The molecular weight excluding hydrogens is 309 g/mol.